The van der Waals surface area contributed by atoms with Gasteiger partial charge >= 0.3 is 0 Å². The van der Waals surface area contributed by atoms with E-state index in [2.05, 4.69) is 22.2 Å². The summed E-state index contributed by atoms with van der Waals surface area (Å²) >= 11 is 11.8. The van der Waals surface area contributed by atoms with Crippen LogP contribution in [0.15, 0.2) is 61.3 Å². The third-order valence-corrected chi connectivity index (χ3v) is 4.61. The smallest absolute Gasteiger partial charge is 0.258 e. The third kappa shape index (κ3) is 5.03. The number of anilines is 2. The Hall–Kier alpha value is -3.22. The Balaban J connectivity index is 1.86. The van der Waals surface area contributed by atoms with E-state index >= 15 is 0 Å². The Morgan fingerprint density at radius 3 is 2.27 bits per heavy atom. The van der Waals surface area contributed by atoms with Gasteiger partial charge in [-0.05, 0) is 55.0 Å². The molecule has 0 aliphatic heterocycles. The molecule has 0 atom stereocenters. The number of hydrogen-bond acceptors (Lipinski definition) is 3. The second-order valence-corrected chi connectivity index (χ2v) is 7.31. The lowest BCUT2D eigenvalue weighted by Gasteiger charge is -2.13. The summed E-state index contributed by atoms with van der Waals surface area (Å²) in [5, 5.41) is 5.86. The number of halogens is 3. The van der Waals surface area contributed by atoms with E-state index in [0.29, 0.717) is 21.2 Å². The molecule has 3 rings (SSSR count). The van der Waals surface area contributed by atoms with Crippen LogP contribution in [0.4, 0.5) is 15.9 Å². The predicted octanol–water partition coefficient (Wildman–Crippen LogP) is 6.07. The first-order chi connectivity index (χ1) is 14.2. The van der Waals surface area contributed by atoms with Gasteiger partial charge in [0.25, 0.3) is 11.8 Å². The van der Waals surface area contributed by atoms with E-state index in [-0.39, 0.29) is 22.6 Å². The fourth-order valence-corrected chi connectivity index (χ4v) is 2.89. The lowest BCUT2D eigenvalue weighted by Crippen LogP contribution is -2.19. The summed E-state index contributed by atoms with van der Waals surface area (Å²) in [6.45, 7) is 5.49. The maximum atomic E-state index is 14.4. The fraction of sp³-hybridized carbons (Fsp3) is 0.0455. The van der Waals surface area contributed by atoms with Crippen LogP contribution in [0.2, 0.25) is 10.0 Å². The molecule has 8 heteroatoms. The molecule has 2 amide bonds. The highest BCUT2D eigenvalue weighted by Gasteiger charge is 2.18. The highest BCUT2D eigenvalue weighted by molar-refractivity contribution is 6.31. The van der Waals surface area contributed by atoms with E-state index in [1.54, 1.807) is 19.1 Å². The Morgan fingerprint density at radius 2 is 1.63 bits per heavy atom. The molecule has 3 aromatic rings. The maximum Gasteiger partial charge on any atom is 0.258 e. The van der Waals surface area contributed by atoms with Gasteiger partial charge in [-0.25, -0.2) is 9.37 Å². The van der Waals surface area contributed by atoms with Crippen molar-refractivity contribution in [2.24, 2.45) is 0 Å². The monoisotopic (exact) mass is 443 g/mol. The molecule has 2 aromatic carbocycles. The summed E-state index contributed by atoms with van der Waals surface area (Å²) in [7, 11) is 0. The SMILES string of the molecule is C=C(C)c1ccc(C(=O)Nc2ccc(Cl)cc2C(=O)Nc2ccc(Cl)cn2)c(F)c1. The summed E-state index contributed by atoms with van der Waals surface area (Å²) < 4.78 is 14.4. The molecule has 0 saturated carbocycles. The first kappa shape index (κ1) is 21.5. The van der Waals surface area contributed by atoms with Gasteiger partial charge in [0.1, 0.15) is 11.6 Å². The molecule has 0 aliphatic rings. The molecular weight excluding hydrogens is 428 g/mol. The Kier molecular flexibility index (Phi) is 6.50. The van der Waals surface area contributed by atoms with Crippen molar-refractivity contribution in [1.82, 2.24) is 4.98 Å². The number of nitrogens with zero attached hydrogens (tertiary/aromatic N) is 1. The molecule has 0 radical (unpaired) electrons. The molecule has 0 unspecified atom stereocenters. The van der Waals surface area contributed by atoms with Crippen molar-refractivity contribution in [2.45, 2.75) is 6.92 Å². The molecule has 0 bridgehead atoms. The molecule has 0 spiro atoms. The van der Waals surface area contributed by atoms with Crippen LogP contribution in [-0.2, 0) is 0 Å². The molecule has 2 N–H and O–H groups in total. The van der Waals surface area contributed by atoms with Crippen LogP contribution in [0.25, 0.3) is 5.57 Å². The standard InChI is InChI=1S/C22H16Cl2FN3O2/c1-12(2)13-3-6-16(18(25)9-13)21(29)27-19-7-4-14(23)10-17(19)22(30)28-20-8-5-15(24)11-26-20/h3-11H,1H2,2H3,(H,27,29)(H,26,28,30). The largest absolute Gasteiger partial charge is 0.321 e. The van der Waals surface area contributed by atoms with Crippen LogP contribution in [0.3, 0.4) is 0 Å². The van der Waals surface area contributed by atoms with Crippen LogP contribution in [0, 0.1) is 5.82 Å². The molecule has 0 aliphatic carbocycles. The van der Waals surface area contributed by atoms with Crippen molar-refractivity contribution in [3.63, 3.8) is 0 Å². The van der Waals surface area contributed by atoms with E-state index < -0.39 is 17.6 Å². The molecule has 30 heavy (non-hydrogen) atoms. The van der Waals surface area contributed by atoms with E-state index in [1.165, 1.54) is 42.6 Å². The molecule has 1 heterocycles. The first-order valence-electron chi connectivity index (χ1n) is 8.74. The summed E-state index contributed by atoms with van der Waals surface area (Å²) in [4.78, 5) is 29.3. The van der Waals surface area contributed by atoms with Gasteiger partial charge in [-0.3, -0.25) is 9.59 Å². The second-order valence-electron chi connectivity index (χ2n) is 6.43. The zero-order valence-corrected chi connectivity index (χ0v) is 17.3. The average Bonchev–Trinajstić information content (AvgIpc) is 2.70. The maximum absolute atomic E-state index is 14.4. The van der Waals surface area contributed by atoms with Gasteiger partial charge in [-0.2, -0.15) is 0 Å². The minimum atomic E-state index is -0.707. The number of carbonyl (C=O) groups excluding carboxylic acids is 2. The van der Waals surface area contributed by atoms with Crippen LogP contribution >= 0.6 is 23.2 Å². The van der Waals surface area contributed by atoms with Gasteiger partial charge < -0.3 is 10.6 Å². The van der Waals surface area contributed by atoms with Gasteiger partial charge in [0.05, 0.1) is 21.8 Å². The summed E-state index contributed by atoms with van der Waals surface area (Å²) in [5.74, 6) is -1.69. The zero-order valence-electron chi connectivity index (χ0n) is 15.8. The van der Waals surface area contributed by atoms with Crippen molar-refractivity contribution in [3.05, 3.63) is 93.9 Å². The van der Waals surface area contributed by atoms with Crippen molar-refractivity contribution in [1.29, 1.82) is 0 Å². The van der Waals surface area contributed by atoms with Crippen LogP contribution < -0.4 is 10.6 Å². The van der Waals surface area contributed by atoms with Crippen LogP contribution in [0.1, 0.15) is 33.2 Å². The highest BCUT2D eigenvalue weighted by atomic mass is 35.5. The van der Waals surface area contributed by atoms with E-state index in [4.69, 9.17) is 23.2 Å². The van der Waals surface area contributed by atoms with E-state index in [1.807, 2.05) is 0 Å². The Bertz CT molecular complexity index is 1150. The van der Waals surface area contributed by atoms with Crippen molar-refractivity contribution < 1.29 is 14.0 Å². The molecule has 1 aromatic heterocycles. The molecular formula is C22H16Cl2FN3O2. The molecule has 0 fully saturated rings. The zero-order chi connectivity index (χ0) is 21.8. The van der Waals surface area contributed by atoms with E-state index in [0.717, 1.165) is 0 Å². The lowest BCUT2D eigenvalue weighted by atomic mass is 10.1. The predicted molar refractivity (Wildman–Crippen MR) is 118 cm³/mol. The van der Waals surface area contributed by atoms with E-state index in [9.17, 15) is 14.0 Å². The molecule has 152 valence electrons. The van der Waals surface area contributed by atoms with Crippen molar-refractivity contribution in [2.75, 3.05) is 10.6 Å². The third-order valence-electron chi connectivity index (χ3n) is 4.15. The number of amides is 2. The van der Waals surface area contributed by atoms with Gasteiger partial charge in [-0.15, -0.1) is 0 Å². The number of hydrogen-bond donors (Lipinski definition) is 2. The topological polar surface area (TPSA) is 71.1 Å². The van der Waals surface area contributed by atoms with Gasteiger partial charge in [0.15, 0.2) is 0 Å². The summed E-state index contributed by atoms with van der Waals surface area (Å²) in [6.07, 6.45) is 1.38. The number of allylic oxidation sites excluding steroid dienone is 1. The molecule has 5 nitrogen and oxygen atoms in total. The Morgan fingerprint density at radius 1 is 0.933 bits per heavy atom. The fourth-order valence-electron chi connectivity index (χ4n) is 2.60. The highest BCUT2D eigenvalue weighted by Crippen LogP contribution is 2.24. The summed E-state index contributed by atoms with van der Waals surface area (Å²) in [6, 6.07) is 11.7. The number of pyridine rings is 1. The minimum Gasteiger partial charge on any atom is -0.321 e. The van der Waals surface area contributed by atoms with Gasteiger partial charge in [0, 0.05) is 11.2 Å². The quantitative estimate of drug-likeness (QED) is 0.502. The normalized spacial score (nSPS) is 10.4. The number of nitrogens with one attached hydrogen (secondary N) is 2. The lowest BCUT2D eigenvalue weighted by molar-refractivity contribution is 0.102. The number of rotatable bonds is 5. The van der Waals surface area contributed by atoms with Crippen LogP contribution in [-0.4, -0.2) is 16.8 Å². The number of benzene rings is 2. The van der Waals surface area contributed by atoms with Gasteiger partial charge in [-0.1, -0.05) is 41.4 Å². The van der Waals surface area contributed by atoms with Crippen molar-refractivity contribution in [3.8, 4) is 0 Å². The first-order valence-corrected chi connectivity index (χ1v) is 9.49. The summed E-state index contributed by atoms with van der Waals surface area (Å²) in [5.41, 5.74) is 1.35. The molecule has 0 saturated heterocycles. The second kappa shape index (κ2) is 9.07. The average molecular weight is 444 g/mol. The number of carbonyl (C=O) groups is 2. The Labute approximate surface area is 182 Å². The number of aromatic nitrogens is 1. The van der Waals surface area contributed by atoms with Gasteiger partial charge in [0.2, 0.25) is 0 Å². The van der Waals surface area contributed by atoms with Crippen LogP contribution in [0.5, 0.6) is 0 Å². The minimum absolute atomic E-state index is 0.0894. The van der Waals surface area contributed by atoms with Crippen molar-refractivity contribution >= 4 is 52.1 Å².